The van der Waals surface area contributed by atoms with Crippen molar-refractivity contribution in [3.8, 4) is 0 Å². The van der Waals surface area contributed by atoms with Crippen molar-refractivity contribution in [2.75, 3.05) is 10.6 Å². The molecule has 2 aromatic rings. The summed E-state index contributed by atoms with van der Waals surface area (Å²) in [5, 5.41) is 15.0. The highest BCUT2D eigenvalue weighted by atomic mass is 19.1. The third-order valence-corrected chi connectivity index (χ3v) is 2.68. The van der Waals surface area contributed by atoms with E-state index in [1.54, 1.807) is 0 Å². The van der Waals surface area contributed by atoms with Crippen LogP contribution >= 0.6 is 0 Å². The molecule has 22 heavy (non-hydrogen) atoms. The Kier molecular flexibility index (Phi) is 4.42. The molecule has 2 aromatic carbocycles. The second-order valence-electron chi connectivity index (χ2n) is 4.16. The number of nitro groups is 1. The molecule has 2 N–H and O–H groups in total. The molecule has 0 aliphatic heterocycles. The second kappa shape index (κ2) is 6.44. The summed E-state index contributed by atoms with van der Waals surface area (Å²) in [4.78, 5) is 33.5. The van der Waals surface area contributed by atoms with Crippen LogP contribution in [0.3, 0.4) is 0 Å². The topological polar surface area (TPSA) is 101 Å². The van der Waals surface area contributed by atoms with E-state index in [0.29, 0.717) is 0 Å². The Morgan fingerprint density at radius 3 is 2.00 bits per heavy atom. The SMILES string of the molecule is O=C(Nc1ccccc1F)C(=O)Nc1ccccc1[N+](=O)[O-]. The Labute approximate surface area is 123 Å². The number of para-hydroxylation sites is 3. The minimum absolute atomic E-state index is 0.124. The molecular weight excluding hydrogens is 293 g/mol. The van der Waals surface area contributed by atoms with Gasteiger partial charge < -0.3 is 10.6 Å². The molecule has 8 heteroatoms. The van der Waals surface area contributed by atoms with Crippen LogP contribution in [0.15, 0.2) is 48.5 Å². The zero-order valence-electron chi connectivity index (χ0n) is 11.1. The van der Waals surface area contributed by atoms with E-state index >= 15 is 0 Å². The third kappa shape index (κ3) is 3.42. The number of halogens is 1. The van der Waals surface area contributed by atoms with E-state index < -0.39 is 22.6 Å². The van der Waals surface area contributed by atoms with Crippen LogP contribution in [0, 0.1) is 15.9 Å². The Morgan fingerprint density at radius 2 is 1.41 bits per heavy atom. The summed E-state index contributed by atoms with van der Waals surface area (Å²) in [7, 11) is 0. The van der Waals surface area contributed by atoms with Crippen LogP contribution in [-0.4, -0.2) is 16.7 Å². The molecule has 7 nitrogen and oxygen atoms in total. The molecule has 112 valence electrons. The molecule has 0 aromatic heterocycles. The van der Waals surface area contributed by atoms with Gasteiger partial charge in [-0.2, -0.15) is 0 Å². The molecule has 0 unspecified atom stereocenters. The van der Waals surface area contributed by atoms with Crippen LogP contribution in [-0.2, 0) is 9.59 Å². The molecule has 0 bridgehead atoms. The van der Waals surface area contributed by atoms with E-state index in [4.69, 9.17) is 0 Å². The molecule has 0 saturated carbocycles. The van der Waals surface area contributed by atoms with E-state index in [2.05, 4.69) is 10.6 Å². The molecule has 0 spiro atoms. The van der Waals surface area contributed by atoms with Crippen LogP contribution < -0.4 is 10.6 Å². The van der Waals surface area contributed by atoms with Gasteiger partial charge in [0.15, 0.2) is 0 Å². The third-order valence-electron chi connectivity index (χ3n) is 2.68. The molecule has 0 radical (unpaired) electrons. The van der Waals surface area contributed by atoms with E-state index in [1.807, 2.05) is 0 Å². The Balaban J connectivity index is 2.11. The van der Waals surface area contributed by atoms with Crippen LogP contribution in [0.1, 0.15) is 0 Å². The van der Waals surface area contributed by atoms with E-state index in [9.17, 15) is 24.1 Å². The highest BCUT2D eigenvalue weighted by Gasteiger charge is 2.20. The van der Waals surface area contributed by atoms with Crippen molar-refractivity contribution in [2.24, 2.45) is 0 Å². The fourth-order valence-corrected chi connectivity index (χ4v) is 1.66. The largest absolute Gasteiger partial charge is 0.315 e. The maximum absolute atomic E-state index is 13.4. The molecule has 0 aliphatic carbocycles. The predicted octanol–water partition coefficient (Wildman–Crippen LogP) is 2.31. The number of nitro benzene ring substituents is 1. The summed E-state index contributed by atoms with van der Waals surface area (Å²) in [6, 6.07) is 10.7. The first kappa shape index (κ1) is 15.1. The smallest absolute Gasteiger partial charge is 0.314 e. The molecule has 0 fully saturated rings. The molecule has 0 aliphatic rings. The lowest BCUT2D eigenvalue weighted by Crippen LogP contribution is -2.29. The maximum Gasteiger partial charge on any atom is 0.314 e. The molecule has 0 heterocycles. The van der Waals surface area contributed by atoms with Gasteiger partial charge in [0.25, 0.3) is 5.69 Å². The zero-order valence-corrected chi connectivity index (χ0v) is 11.1. The van der Waals surface area contributed by atoms with Crippen LogP contribution in [0.5, 0.6) is 0 Å². The number of carbonyl (C=O) groups excluding carboxylic acids is 2. The van der Waals surface area contributed by atoms with Gasteiger partial charge in [-0.25, -0.2) is 4.39 Å². The fraction of sp³-hybridized carbons (Fsp3) is 0. The van der Waals surface area contributed by atoms with Crippen molar-refractivity contribution in [1.29, 1.82) is 0 Å². The highest BCUT2D eigenvalue weighted by Crippen LogP contribution is 2.23. The first-order valence-corrected chi connectivity index (χ1v) is 6.09. The number of carbonyl (C=O) groups is 2. The average molecular weight is 303 g/mol. The number of hydrogen-bond acceptors (Lipinski definition) is 4. The summed E-state index contributed by atoms with van der Waals surface area (Å²) in [6.45, 7) is 0. The zero-order chi connectivity index (χ0) is 16.1. The monoisotopic (exact) mass is 303 g/mol. The molecule has 2 amide bonds. The summed E-state index contributed by atoms with van der Waals surface area (Å²) in [5.74, 6) is -2.98. The Hall–Kier alpha value is -3.29. The van der Waals surface area contributed by atoms with Gasteiger partial charge in [-0.05, 0) is 18.2 Å². The summed E-state index contributed by atoms with van der Waals surface area (Å²) in [5.41, 5.74) is -0.638. The Bertz CT molecular complexity index is 748. The average Bonchev–Trinajstić information content (AvgIpc) is 2.49. The van der Waals surface area contributed by atoms with Crippen molar-refractivity contribution < 1.29 is 18.9 Å². The number of amides is 2. The van der Waals surface area contributed by atoms with Crippen LogP contribution in [0.4, 0.5) is 21.5 Å². The van der Waals surface area contributed by atoms with Gasteiger partial charge in [-0.1, -0.05) is 24.3 Å². The quantitative estimate of drug-likeness (QED) is 0.516. The first-order chi connectivity index (χ1) is 10.5. The lowest BCUT2D eigenvalue weighted by Gasteiger charge is -2.07. The number of rotatable bonds is 3. The van der Waals surface area contributed by atoms with Crippen molar-refractivity contribution in [1.82, 2.24) is 0 Å². The lowest BCUT2D eigenvalue weighted by atomic mass is 10.2. The van der Waals surface area contributed by atoms with E-state index in [0.717, 1.165) is 6.07 Å². The van der Waals surface area contributed by atoms with E-state index in [1.165, 1.54) is 42.5 Å². The van der Waals surface area contributed by atoms with Gasteiger partial charge in [0.2, 0.25) is 0 Å². The van der Waals surface area contributed by atoms with Gasteiger partial charge in [-0.3, -0.25) is 19.7 Å². The fourth-order valence-electron chi connectivity index (χ4n) is 1.66. The molecule has 0 saturated heterocycles. The molecule has 0 atom stereocenters. The van der Waals surface area contributed by atoms with Gasteiger partial charge in [-0.15, -0.1) is 0 Å². The first-order valence-electron chi connectivity index (χ1n) is 6.09. The van der Waals surface area contributed by atoms with Crippen molar-refractivity contribution in [2.45, 2.75) is 0 Å². The van der Waals surface area contributed by atoms with Gasteiger partial charge >= 0.3 is 11.8 Å². The summed E-state index contributed by atoms with van der Waals surface area (Å²) < 4.78 is 13.4. The summed E-state index contributed by atoms with van der Waals surface area (Å²) in [6.07, 6.45) is 0. The van der Waals surface area contributed by atoms with E-state index in [-0.39, 0.29) is 17.1 Å². The maximum atomic E-state index is 13.4. The number of nitrogens with zero attached hydrogens (tertiary/aromatic N) is 1. The molecular formula is C14H10FN3O4. The van der Waals surface area contributed by atoms with Crippen molar-refractivity contribution >= 4 is 28.9 Å². The van der Waals surface area contributed by atoms with Crippen LogP contribution in [0.25, 0.3) is 0 Å². The second-order valence-corrected chi connectivity index (χ2v) is 4.16. The minimum Gasteiger partial charge on any atom is -0.315 e. The highest BCUT2D eigenvalue weighted by molar-refractivity contribution is 6.43. The van der Waals surface area contributed by atoms with Gasteiger partial charge in [0.05, 0.1) is 10.6 Å². The standard InChI is InChI=1S/C14H10FN3O4/c15-9-5-1-2-6-10(9)16-13(19)14(20)17-11-7-3-4-8-12(11)18(21)22/h1-8H,(H,16,19)(H,17,20). The Morgan fingerprint density at radius 1 is 0.909 bits per heavy atom. The number of hydrogen-bond donors (Lipinski definition) is 2. The number of anilines is 2. The van der Waals surface area contributed by atoms with Crippen LogP contribution in [0.2, 0.25) is 0 Å². The number of nitrogens with one attached hydrogen (secondary N) is 2. The predicted molar refractivity (Wildman–Crippen MR) is 76.8 cm³/mol. The van der Waals surface area contributed by atoms with Gasteiger partial charge in [0, 0.05) is 6.07 Å². The van der Waals surface area contributed by atoms with Crippen molar-refractivity contribution in [3.05, 3.63) is 64.5 Å². The minimum atomic E-state index is -1.14. The number of benzene rings is 2. The molecule has 2 rings (SSSR count). The normalized spacial score (nSPS) is 9.86. The van der Waals surface area contributed by atoms with Gasteiger partial charge in [0.1, 0.15) is 11.5 Å². The summed E-state index contributed by atoms with van der Waals surface area (Å²) >= 11 is 0. The lowest BCUT2D eigenvalue weighted by molar-refractivity contribution is -0.383. The van der Waals surface area contributed by atoms with Crippen molar-refractivity contribution in [3.63, 3.8) is 0 Å².